The zero-order valence-corrected chi connectivity index (χ0v) is 18.7. The van der Waals surface area contributed by atoms with Crippen LogP contribution in [0.3, 0.4) is 0 Å². The molecule has 0 bridgehead atoms. The topological polar surface area (TPSA) is 54.5 Å². The molecular weight excluding hydrogens is 406 g/mol. The van der Waals surface area contributed by atoms with Crippen LogP contribution < -0.4 is 4.31 Å². The SMILES string of the molecule is CC(=O)C[C@@H]1C=C(c2ccc(C)cc2)N(S(=O)(=O)c2ccc(C)cc2)c2ccccc21. The molecule has 5 heteroatoms. The van der Waals surface area contributed by atoms with Gasteiger partial charge in [0, 0.05) is 12.3 Å². The molecule has 4 nitrogen and oxygen atoms in total. The van der Waals surface area contributed by atoms with Crippen molar-refractivity contribution >= 4 is 27.2 Å². The van der Waals surface area contributed by atoms with Gasteiger partial charge in [0.15, 0.2) is 0 Å². The third kappa shape index (κ3) is 4.06. The molecule has 0 unspecified atom stereocenters. The lowest BCUT2D eigenvalue weighted by molar-refractivity contribution is -0.117. The standard InChI is InChI=1S/C26H25NO3S/c1-18-8-12-21(13-9-18)26-17-22(16-20(3)28)24-6-4-5-7-25(24)27(26)31(29,30)23-14-10-19(2)11-15-23/h4-15,17,22H,16H2,1-3H3/t22-/m1/s1. The zero-order valence-electron chi connectivity index (χ0n) is 17.9. The summed E-state index contributed by atoms with van der Waals surface area (Å²) >= 11 is 0. The number of nitrogens with zero attached hydrogens (tertiary/aromatic N) is 1. The van der Waals surface area contributed by atoms with E-state index in [1.807, 2.05) is 68.5 Å². The molecule has 1 aliphatic rings. The highest BCUT2D eigenvalue weighted by Crippen LogP contribution is 2.44. The van der Waals surface area contributed by atoms with E-state index >= 15 is 0 Å². The number of fused-ring (bicyclic) bond motifs is 1. The van der Waals surface area contributed by atoms with Gasteiger partial charge >= 0.3 is 0 Å². The highest BCUT2D eigenvalue weighted by Gasteiger charge is 2.35. The van der Waals surface area contributed by atoms with Gasteiger partial charge in [-0.3, -0.25) is 4.79 Å². The number of benzene rings is 3. The number of rotatable bonds is 5. The van der Waals surface area contributed by atoms with Crippen molar-refractivity contribution in [2.45, 2.75) is 38.0 Å². The lowest BCUT2D eigenvalue weighted by atomic mass is 9.88. The van der Waals surface area contributed by atoms with E-state index in [2.05, 4.69) is 0 Å². The highest BCUT2D eigenvalue weighted by molar-refractivity contribution is 7.93. The molecule has 158 valence electrons. The predicted octanol–water partition coefficient (Wildman–Crippen LogP) is 5.62. The van der Waals surface area contributed by atoms with Gasteiger partial charge in [0.05, 0.1) is 16.3 Å². The lowest BCUT2D eigenvalue weighted by Crippen LogP contribution is -2.33. The molecule has 0 N–H and O–H groups in total. The fraction of sp³-hybridized carbons (Fsp3) is 0.192. The van der Waals surface area contributed by atoms with Crippen LogP contribution in [0.4, 0.5) is 5.69 Å². The molecule has 3 aromatic rings. The minimum atomic E-state index is -3.87. The average Bonchev–Trinajstić information content (AvgIpc) is 2.74. The van der Waals surface area contributed by atoms with Crippen molar-refractivity contribution in [2.75, 3.05) is 4.31 Å². The number of ketones is 1. The second kappa shape index (κ2) is 8.16. The first-order valence-corrected chi connectivity index (χ1v) is 11.7. The van der Waals surface area contributed by atoms with Gasteiger partial charge in [0.2, 0.25) is 0 Å². The molecule has 0 amide bonds. The van der Waals surface area contributed by atoms with E-state index in [1.54, 1.807) is 31.2 Å². The zero-order chi connectivity index (χ0) is 22.2. The summed E-state index contributed by atoms with van der Waals surface area (Å²) in [6.07, 6.45) is 2.24. The van der Waals surface area contributed by atoms with Gasteiger partial charge in [-0.2, -0.15) is 0 Å². The van der Waals surface area contributed by atoms with Gasteiger partial charge in [0.1, 0.15) is 5.78 Å². The Balaban J connectivity index is 1.96. The average molecular weight is 432 g/mol. The molecule has 1 aliphatic heterocycles. The van der Waals surface area contributed by atoms with Gasteiger partial charge in [0.25, 0.3) is 10.0 Å². The Labute approximate surface area is 183 Å². The van der Waals surface area contributed by atoms with Gasteiger partial charge in [-0.15, -0.1) is 0 Å². The number of carbonyl (C=O) groups excluding carboxylic acids is 1. The number of Topliss-reactive ketones (excluding diaryl/α,β-unsaturated/α-hetero) is 1. The summed E-state index contributed by atoms with van der Waals surface area (Å²) in [4.78, 5) is 12.2. The lowest BCUT2D eigenvalue weighted by Gasteiger charge is -2.35. The van der Waals surface area contributed by atoms with E-state index in [4.69, 9.17) is 0 Å². The Morgan fingerprint density at radius 3 is 2.06 bits per heavy atom. The summed E-state index contributed by atoms with van der Waals surface area (Å²) < 4.78 is 29.1. The Kier molecular flexibility index (Phi) is 5.54. The highest BCUT2D eigenvalue weighted by atomic mass is 32.2. The van der Waals surface area contributed by atoms with Crippen LogP contribution in [0.1, 0.15) is 41.5 Å². The molecule has 0 fully saturated rings. The van der Waals surface area contributed by atoms with Gasteiger partial charge in [-0.25, -0.2) is 12.7 Å². The van der Waals surface area contributed by atoms with Crippen molar-refractivity contribution in [3.63, 3.8) is 0 Å². The number of para-hydroxylation sites is 1. The molecule has 1 atom stereocenters. The van der Waals surface area contributed by atoms with Crippen molar-refractivity contribution in [1.29, 1.82) is 0 Å². The monoisotopic (exact) mass is 431 g/mol. The smallest absolute Gasteiger partial charge is 0.268 e. The third-order valence-corrected chi connectivity index (χ3v) is 7.29. The first kappa shape index (κ1) is 21.1. The first-order chi connectivity index (χ1) is 14.8. The molecule has 0 radical (unpaired) electrons. The summed E-state index contributed by atoms with van der Waals surface area (Å²) in [5.41, 5.74) is 4.88. The summed E-state index contributed by atoms with van der Waals surface area (Å²) in [5.74, 6) is -0.122. The van der Waals surface area contributed by atoms with Crippen LogP contribution >= 0.6 is 0 Å². The maximum Gasteiger partial charge on any atom is 0.268 e. The summed E-state index contributed by atoms with van der Waals surface area (Å²) in [6, 6.07) is 22.1. The van der Waals surface area contributed by atoms with E-state index < -0.39 is 10.0 Å². The molecule has 0 spiro atoms. The maximum atomic E-state index is 13.9. The van der Waals surface area contributed by atoms with Crippen molar-refractivity contribution < 1.29 is 13.2 Å². The number of sulfonamides is 1. The minimum absolute atomic E-state index is 0.0640. The molecule has 3 aromatic carbocycles. The van der Waals surface area contributed by atoms with Crippen molar-refractivity contribution in [2.24, 2.45) is 0 Å². The largest absolute Gasteiger partial charge is 0.300 e. The van der Waals surface area contributed by atoms with E-state index in [9.17, 15) is 13.2 Å². The maximum absolute atomic E-state index is 13.9. The van der Waals surface area contributed by atoms with Gasteiger partial charge < -0.3 is 0 Å². The van der Waals surface area contributed by atoms with Crippen molar-refractivity contribution in [3.05, 3.63) is 101 Å². The van der Waals surface area contributed by atoms with Crippen LogP contribution in [0.25, 0.3) is 5.70 Å². The van der Waals surface area contributed by atoms with Crippen LogP contribution in [0.5, 0.6) is 0 Å². The van der Waals surface area contributed by atoms with E-state index in [0.717, 1.165) is 22.3 Å². The molecule has 31 heavy (non-hydrogen) atoms. The quantitative estimate of drug-likeness (QED) is 0.527. The number of hydrogen-bond donors (Lipinski definition) is 0. The molecule has 1 heterocycles. The van der Waals surface area contributed by atoms with E-state index in [-0.39, 0.29) is 16.6 Å². The Bertz CT molecular complexity index is 1260. The van der Waals surface area contributed by atoms with Crippen molar-refractivity contribution in [1.82, 2.24) is 0 Å². The Hall–Kier alpha value is -3.18. The molecule has 0 aliphatic carbocycles. The number of hydrogen-bond acceptors (Lipinski definition) is 3. The number of aryl methyl sites for hydroxylation is 2. The normalized spacial score (nSPS) is 15.9. The van der Waals surface area contributed by atoms with E-state index in [1.165, 1.54) is 4.31 Å². The van der Waals surface area contributed by atoms with Crippen LogP contribution in [0, 0.1) is 13.8 Å². The van der Waals surface area contributed by atoms with Gasteiger partial charge in [-0.1, -0.05) is 71.8 Å². The first-order valence-electron chi connectivity index (χ1n) is 10.3. The van der Waals surface area contributed by atoms with Crippen LogP contribution in [-0.4, -0.2) is 14.2 Å². The fourth-order valence-corrected chi connectivity index (χ4v) is 5.50. The second-order valence-electron chi connectivity index (χ2n) is 8.07. The van der Waals surface area contributed by atoms with E-state index in [0.29, 0.717) is 17.8 Å². The van der Waals surface area contributed by atoms with Crippen LogP contribution in [-0.2, 0) is 14.8 Å². The molecule has 0 saturated carbocycles. The molecule has 0 aromatic heterocycles. The van der Waals surface area contributed by atoms with Crippen LogP contribution in [0.2, 0.25) is 0 Å². The number of anilines is 1. The Morgan fingerprint density at radius 1 is 0.871 bits per heavy atom. The van der Waals surface area contributed by atoms with Crippen LogP contribution in [0.15, 0.2) is 83.8 Å². The molecular formula is C26H25NO3S. The van der Waals surface area contributed by atoms with Crippen molar-refractivity contribution in [3.8, 4) is 0 Å². The second-order valence-corrected chi connectivity index (χ2v) is 9.86. The number of allylic oxidation sites excluding steroid dienone is 1. The summed E-state index contributed by atoms with van der Waals surface area (Å²) in [6.45, 7) is 5.49. The summed E-state index contributed by atoms with van der Waals surface area (Å²) in [5, 5.41) is 0. The predicted molar refractivity (Wildman–Crippen MR) is 124 cm³/mol. The third-order valence-electron chi connectivity index (χ3n) is 5.55. The minimum Gasteiger partial charge on any atom is -0.300 e. The number of carbonyl (C=O) groups is 1. The molecule has 0 saturated heterocycles. The summed E-state index contributed by atoms with van der Waals surface area (Å²) in [7, 11) is -3.87. The fourth-order valence-electron chi connectivity index (χ4n) is 3.95. The molecule has 4 rings (SSSR count). The Morgan fingerprint density at radius 2 is 1.45 bits per heavy atom. The van der Waals surface area contributed by atoms with Gasteiger partial charge in [-0.05, 0) is 50.1 Å².